The summed E-state index contributed by atoms with van der Waals surface area (Å²) in [6.07, 6.45) is -4.43. The fraction of sp³-hybridized carbons (Fsp3) is 0.429. The molecule has 2 N–H and O–H groups in total. The van der Waals surface area contributed by atoms with Crippen LogP contribution in [0, 0.1) is 4.77 Å². The molecule has 0 spiro atoms. The van der Waals surface area contributed by atoms with Gasteiger partial charge in [0.15, 0.2) is 10.5 Å². The normalized spacial score (nSPS) is 15.6. The average Bonchev–Trinajstić information content (AvgIpc) is 2.47. The molecule has 0 aromatic carbocycles. The van der Waals surface area contributed by atoms with Crippen LogP contribution in [-0.4, -0.2) is 9.97 Å². The van der Waals surface area contributed by atoms with Crippen molar-refractivity contribution in [2.24, 2.45) is 0 Å². The second-order valence-electron chi connectivity index (χ2n) is 2.95. The number of nitrogens with zero attached hydrogens (tertiary/aromatic N) is 1. The Balaban J connectivity index is 2.66. The van der Waals surface area contributed by atoms with Gasteiger partial charge in [-0.1, -0.05) is 0 Å². The first-order chi connectivity index (χ1) is 6.48. The highest BCUT2D eigenvalue weighted by molar-refractivity contribution is 7.71. The van der Waals surface area contributed by atoms with E-state index in [4.69, 9.17) is 0 Å². The van der Waals surface area contributed by atoms with Gasteiger partial charge in [0.25, 0.3) is 0 Å². The second-order valence-corrected chi connectivity index (χ2v) is 3.34. The van der Waals surface area contributed by atoms with Gasteiger partial charge < -0.3 is 10.3 Å². The molecule has 2 rings (SSSR count). The van der Waals surface area contributed by atoms with Crippen LogP contribution in [0.1, 0.15) is 17.0 Å². The van der Waals surface area contributed by atoms with Crippen molar-refractivity contribution in [1.82, 2.24) is 15.3 Å². The summed E-state index contributed by atoms with van der Waals surface area (Å²) < 4.78 is 37.3. The van der Waals surface area contributed by atoms with E-state index in [0.29, 0.717) is 12.2 Å². The van der Waals surface area contributed by atoms with E-state index in [-0.39, 0.29) is 16.9 Å². The van der Waals surface area contributed by atoms with Gasteiger partial charge in [-0.15, -0.1) is 0 Å². The molecule has 1 aromatic rings. The molecule has 3 nitrogen and oxygen atoms in total. The van der Waals surface area contributed by atoms with Gasteiger partial charge in [0.1, 0.15) is 0 Å². The molecule has 1 aliphatic rings. The Hall–Kier alpha value is -0.950. The number of rotatable bonds is 0. The number of aromatic nitrogens is 2. The fourth-order valence-electron chi connectivity index (χ4n) is 1.43. The van der Waals surface area contributed by atoms with E-state index in [2.05, 4.69) is 27.5 Å². The standard InChI is InChI=1S/C7H6F3N3S/c8-7(9,10)5-3-1-11-2-4(3)12-6(14)13-5/h11H,1-2H2,(H,12,13,14). The van der Waals surface area contributed by atoms with Crippen LogP contribution in [0.5, 0.6) is 0 Å². The molecule has 14 heavy (non-hydrogen) atoms. The predicted molar refractivity (Wildman–Crippen MR) is 45.0 cm³/mol. The minimum absolute atomic E-state index is 0.125. The highest BCUT2D eigenvalue weighted by atomic mass is 32.1. The highest BCUT2D eigenvalue weighted by Crippen LogP contribution is 2.32. The van der Waals surface area contributed by atoms with Gasteiger partial charge in [0.05, 0.1) is 0 Å². The van der Waals surface area contributed by atoms with E-state index >= 15 is 0 Å². The zero-order valence-electron chi connectivity index (χ0n) is 6.90. The fourth-order valence-corrected chi connectivity index (χ4v) is 1.65. The Bertz CT molecular complexity index is 423. The van der Waals surface area contributed by atoms with Crippen molar-refractivity contribution in [2.45, 2.75) is 19.3 Å². The lowest BCUT2D eigenvalue weighted by molar-refractivity contribution is -0.142. The summed E-state index contributed by atoms with van der Waals surface area (Å²) in [6, 6.07) is 0. The first-order valence-electron chi connectivity index (χ1n) is 3.88. The minimum Gasteiger partial charge on any atom is -0.333 e. The molecule has 0 atom stereocenters. The number of aromatic amines is 1. The summed E-state index contributed by atoms with van der Waals surface area (Å²) in [5, 5.41) is 2.81. The summed E-state index contributed by atoms with van der Waals surface area (Å²) in [6.45, 7) is 0.563. The molecule has 76 valence electrons. The van der Waals surface area contributed by atoms with Crippen molar-refractivity contribution in [1.29, 1.82) is 0 Å². The Morgan fingerprint density at radius 1 is 1.29 bits per heavy atom. The van der Waals surface area contributed by atoms with Crippen molar-refractivity contribution >= 4 is 12.2 Å². The van der Waals surface area contributed by atoms with E-state index in [1.807, 2.05) is 0 Å². The maximum atomic E-state index is 12.5. The van der Waals surface area contributed by atoms with Gasteiger partial charge >= 0.3 is 6.18 Å². The summed E-state index contributed by atoms with van der Waals surface area (Å²) in [7, 11) is 0. The summed E-state index contributed by atoms with van der Waals surface area (Å²) in [5.74, 6) is 0. The molecule has 0 saturated carbocycles. The van der Waals surface area contributed by atoms with E-state index in [9.17, 15) is 13.2 Å². The molecular weight excluding hydrogens is 215 g/mol. The smallest absolute Gasteiger partial charge is 0.333 e. The van der Waals surface area contributed by atoms with Gasteiger partial charge in [0.2, 0.25) is 0 Å². The quantitative estimate of drug-likeness (QED) is 0.656. The Morgan fingerprint density at radius 3 is 2.64 bits per heavy atom. The van der Waals surface area contributed by atoms with Crippen molar-refractivity contribution in [3.63, 3.8) is 0 Å². The molecular formula is C7H6F3N3S. The molecule has 0 aliphatic carbocycles. The minimum atomic E-state index is -4.43. The van der Waals surface area contributed by atoms with E-state index < -0.39 is 11.9 Å². The van der Waals surface area contributed by atoms with Crippen LogP contribution in [0.25, 0.3) is 0 Å². The van der Waals surface area contributed by atoms with Gasteiger partial charge in [-0.2, -0.15) is 13.2 Å². The third-order valence-electron chi connectivity index (χ3n) is 1.99. The predicted octanol–water partition coefficient (Wildman–Crippen LogP) is 1.76. The zero-order valence-corrected chi connectivity index (χ0v) is 7.72. The SMILES string of the molecule is FC(F)(F)c1nc(=S)[nH]c2c1CNC2. The van der Waals surface area contributed by atoms with Crippen LogP contribution in [0.3, 0.4) is 0 Å². The van der Waals surface area contributed by atoms with Crippen molar-refractivity contribution < 1.29 is 13.2 Å². The monoisotopic (exact) mass is 221 g/mol. The van der Waals surface area contributed by atoms with Crippen LogP contribution in [0.2, 0.25) is 0 Å². The number of halogens is 3. The van der Waals surface area contributed by atoms with Crippen molar-refractivity contribution in [2.75, 3.05) is 0 Å². The van der Waals surface area contributed by atoms with Gasteiger partial charge in [-0.25, -0.2) is 4.98 Å². The van der Waals surface area contributed by atoms with Crippen molar-refractivity contribution in [3.8, 4) is 0 Å². The number of fused-ring (bicyclic) bond motifs is 1. The topological polar surface area (TPSA) is 40.7 Å². The first-order valence-corrected chi connectivity index (χ1v) is 4.29. The number of H-pyrrole nitrogens is 1. The second kappa shape index (κ2) is 3.03. The van der Waals surface area contributed by atoms with E-state index in [1.165, 1.54) is 0 Å². The van der Waals surface area contributed by atoms with Crippen LogP contribution in [0.15, 0.2) is 0 Å². The largest absolute Gasteiger partial charge is 0.433 e. The molecule has 2 heterocycles. The molecule has 0 bridgehead atoms. The third-order valence-corrected chi connectivity index (χ3v) is 2.19. The first kappa shape index (κ1) is 9.60. The number of nitrogens with one attached hydrogen (secondary N) is 2. The highest BCUT2D eigenvalue weighted by Gasteiger charge is 2.37. The summed E-state index contributed by atoms with van der Waals surface area (Å²) in [5.41, 5.74) is -0.218. The molecule has 0 radical (unpaired) electrons. The Labute approximate surface area is 82.4 Å². The molecule has 1 aliphatic heterocycles. The molecule has 0 saturated heterocycles. The molecule has 7 heteroatoms. The zero-order chi connectivity index (χ0) is 10.3. The summed E-state index contributed by atoms with van der Waals surface area (Å²) >= 11 is 4.62. The summed E-state index contributed by atoms with van der Waals surface area (Å²) in [4.78, 5) is 5.95. The molecule has 1 aromatic heterocycles. The lowest BCUT2D eigenvalue weighted by Crippen LogP contribution is -2.13. The molecule has 0 fully saturated rings. The van der Waals surface area contributed by atoms with Gasteiger partial charge in [-0.05, 0) is 12.2 Å². The van der Waals surface area contributed by atoms with E-state index in [0.717, 1.165) is 0 Å². The third kappa shape index (κ3) is 1.53. The Morgan fingerprint density at radius 2 is 2.00 bits per heavy atom. The lowest BCUT2D eigenvalue weighted by Gasteiger charge is -2.09. The average molecular weight is 221 g/mol. The maximum absolute atomic E-state index is 12.5. The van der Waals surface area contributed by atoms with E-state index in [1.54, 1.807) is 0 Å². The molecule has 0 amide bonds. The van der Waals surface area contributed by atoms with Crippen LogP contribution < -0.4 is 5.32 Å². The van der Waals surface area contributed by atoms with Gasteiger partial charge in [-0.3, -0.25) is 0 Å². The number of alkyl halides is 3. The van der Waals surface area contributed by atoms with Crippen LogP contribution in [0.4, 0.5) is 13.2 Å². The molecule has 0 unspecified atom stereocenters. The van der Waals surface area contributed by atoms with Gasteiger partial charge in [0, 0.05) is 24.3 Å². The number of hydrogen-bond donors (Lipinski definition) is 2. The number of hydrogen-bond acceptors (Lipinski definition) is 3. The maximum Gasteiger partial charge on any atom is 0.433 e. The lowest BCUT2D eigenvalue weighted by atomic mass is 10.2. The van der Waals surface area contributed by atoms with Crippen LogP contribution >= 0.6 is 12.2 Å². The van der Waals surface area contributed by atoms with Crippen LogP contribution in [-0.2, 0) is 19.3 Å². The Kier molecular flexibility index (Phi) is 2.07. The van der Waals surface area contributed by atoms with Crippen molar-refractivity contribution in [3.05, 3.63) is 21.7 Å².